The van der Waals surface area contributed by atoms with Gasteiger partial charge in [-0.3, -0.25) is 9.59 Å². The van der Waals surface area contributed by atoms with Gasteiger partial charge in [0.05, 0.1) is 11.9 Å². The number of aromatic amines is 1. The molecule has 7 heteroatoms. The van der Waals surface area contributed by atoms with Crippen LogP contribution >= 0.6 is 11.6 Å². The van der Waals surface area contributed by atoms with Gasteiger partial charge in [0.2, 0.25) is 5.91 Å². The van der Waals surface area contributed by atoms with Crippen molar-refractivity contribution in [2.24, 2.45) is 0 Å². The van der Waals surface area contributed by atoms with Gasteiger partial charge < -0.3 is 10.6 Å². The molecule has 2 rings (SSSR count). The SMILES string of the molecule is O=C1NCCCC1Nc1cn[nH]c(=O)c1Cl. The summed E-state index contributed by atoms with van der Waals surface area (Å²) in [5.41, 5.74) is -0.0876. The van der Waals surface area contributed by atoms with Gasteiger partial charge in [-0.25, -0.2) is 5.10 Å². The standard InChI is InChI=1S/C9H11ClN4O2/c10-7-6(4-12-14-9(7)16)13-5-2-1-3-11-8(5)15/h4-5H,1-3H2,(H,11,15)(H2,13,14,16). The molecule has 1 atom stereocenters. The van der Waals surface area contributed by atoms with E-state index in [1.807, 2.05) is 0 Å². The zero-order valence-corrected chi connectivity index (χ0v) is 9.17. The molecule has 1 aliphatic rings. The van der Waals surface area contributed by atoms with E-state index in [1.165, 1.54) is 6.20 Å². The average molecular weight is 243 g/mol. The molecule has 3 N–H and O–H groups in total. The second-order valence-electron chi connectivity index (χ2n) is 3.56. The van der Waals surface area contributed by atoms with Gasteiger partial charge in [0.25, 0.3) is 5.56 Å². The second kappa shape index (κ2) is 4.52. The van der Waals surface area contributed by atoms with Crippen LogP contribution in [0.5, 0.6) is 0 Å². The predicted molar refractivity (Wildman–Crippen MR) is 59.5 cm³/mol. The summed E-state index contributed by atoms with van der Waals surface area (Å²) >= 11 is 5.78. The van der Waals surface area contributed by atoms with E-state index in [9.17, 15) is 9.59 Å². The minimum absolute atomic E-state index is 0.0216. The fourth-order valence-corrected chi connectivity index (χ4v) is 1.73. The van der Waals surface area contributed by atoms with Crippen LogP contribution in [0.25, 0.3) is 0 Å². The van der Waals surface area contributed by atoms with Crippen LogP contribution in [0.1, 0.15) is 12.8 Å². The molecule has 0 aliphatic carbocycles. The number of carbonyl (C=O) groups excluding carboxylic acids is 1. The summed E-state index contributed by atoms with van der Waals surface area (Å²) in [5, 5.41) is 11.5. The van der Waals surface area contributed by atoms with E-state index >= 15 is 0 Å². The smallest absolute Gasteiger partial charge is 0.285 e. The third-order valence-corrected chi connectivity index (χ3v) is 2.79. The summed E-state index contributed by atoms with van der Waals surface area (Å²) in [6.45, 7) is 0.693. The molecule has 0 saturated carbocycles. The summed E-state index contributed by atoms with van der Waals surface area (Å²) in [4.78, 5) is 22.6. The Kier molecular flexibility index (Phi) is 3.09. The zero-order chi connectivity index (χ0) is 11.5. The number of nitrogens with zero attached hydrogens (tertiary/aromatic N) is 1. The van der Waals surface area contributed by atoms with Crippen molar-refractivity contribution in [3.63, 3.8) is 0 Å². The molecule has 0 spiro atoms. The van der Waals surface area contributed by atoms with Crippen molar-refractivity contribution in [2.75, 3.05) is 11.9 Å². The maximum atomic E-state index is 11.5. The topological polar surface area (TPSA) is 86.9 Å². The molecule has 86 valence electrons. The van der Waals surface area contributed by atoms with Crippen LogP contribution in [0, 0.1) is 0 Å². The van der Waals surface area contributed by atoms with Crippen LogP contribution in [-0.2, 0) is 4.79 Å². The summed E-state index contributed by atoms with van der Waals surface area (Å²) < 4.78 is 0. The van der Waals surface area contributed by atoms with Crippen molar-refractivity contribution in [3.05, 3.63) is 21.6 Å². The Morgan fingerprint density at radius 3 is 3.06 bits per heavy atom. The Hall–Kier alpha value is -1.56. The highest BCUT2D eigenvalue weighted by Gasteiger charge is 2.22. The lowest BCUT2D eigenvalue weighted by Gasteiger charge is -2.23. The molecule has 1 fully saturated rings. The molecule has 1 unspecified atom stereocenters. The summed E-state index contributed by atoms with van der Waals surface area (Å²) in [7, 11) is 0. The molecule has 1 aromatic rings. The zero-order valence-electron chi connectivity index (χ0n) is 8.42. The van der Waals surface area contributed by atoms with Gasteiger partial charge in [-0.15, -0.1) is 0 Å². The van der Waals surface area contributed by atoms with E-state index in [-0.39, 0.29) is 17.0 Å². The van der Waals surface area contributed by atoms with Crippen molar-refractivity contribution < 1.29 is 4.79 Å². The number of amides is 1. The molecule has 0 aromatic carbocycles. The molecule has 0 bridgehead atoms. The Bertz CT molecular complexity index is 459. The van der Waals surface area contributed by atoms with Gasteiger partial charge in [0.15, 0.2) is 0 Å². The fraction of sp³-hybridized carbons (Fsp3) is 0.444. The van der Waals surface area contributed by atoms with Crippen molar-refractivity contribution in [2.45, 2.75) is 18.9 Å². The third-order valence-electron chi connectivity index (χ3n) is 2.41. The first kappa shape index (κ1) is 10.9. The fourth-order valence-electron chi connectivity index (χ4n) is 1.58. The van der Waals surface area contributed by atoms with Gasteiger partial charge in [-0.2, -0.15) is 5.10 Å². The first-order valence-electron chi connectivity index (χ1n) is 4.96. The van der Waals surface area contributed by atoms with Crippen LogP contribution in [0.2, 0.25) is 5.02 Å². The number of carbonyl (C=O) groups is 1. The van der Waals surface area contributed by atoms with Crippen molar-refractivity contribution in [3.8, 4) is 0 Å². The number of hydrogen-bond donors (Lipinski definition) is 3. The molecule has 0 radical (unpaired) electrons. The van der Waals surface area contributed by atoms with E-state index in [2.05, 4.69) is 20.8 Å². The van der Waals surface area contributed by atoms with Gasteiger partial charge in [0.1, 0.15) is 11.1 Å². The van der Waals surface area contributed by atoms with Crippen LogP contribution < -0.4 is 16.2 Å². The van der Waals surface area contributed by atoms with Crippen LogP contribution in [-0.4, -0.2) is 28.7 Å². The van der Waals surface area contributed by atoms with Crippen molar-refractivity contribution >= 4 is 23.2 Å². The Morgan fingerprint density at radius 1 is 1.50 bits per heavy atom. The van der Waals surface area contributed by atoms with Crippen molar-refractivity contribution in [1.29, 1.82) is 0 Å². The Balaban J connectivity index is 2.17. The number of anilines is 1. The van der Waals surface area contributed by atoms with Gasteiger partial charge in [-0.1, -0.05) is 11.6 Å². The highest BCUT2D eigenvalue weighted by molar-refractivity contribution is 6.33. The van der Waals surface area contributed by atoms with E-state index in [4.69, 9.17) is 11.6 Å². The number of rotatable bonds is 2. The highest BCUT2D eigenvalue weighted by atomic mass is 35.5. The minimum atomic E-state index is -0.470. The number of aromatic nitrogens is 2. The maximum Gasteiger partial charge on any atom is 0.285 e. The van der Waals surface area contributed by atoms with Gasteiger partial charge >= 0.3 is 0 Å². The quantitative estimate of drug-likeness (QED) is 0.687. The number of piperidine rings is 1. The van der Waals surface area contributed by atoms with Crippen molar-refractivity contribution in [1.82, 2.24) is 15.5 Å². The minimum Gasteiger partial charge on any atom is -0.371 e. The lowest BCUT2D eigenvalue weighted by molar-refractivity contribution is -0.123. The van der Waals surface area contributed by atoms with Gasteiger partial charge in [0, 0.05) is 6.54 Å². The Morgan fingerprint density at radius 2 is 2.31 bits per heavy atom. The summed E-state index contributed by atoms with van der Waals surface area (Å²) in [6.07, 6.45) is 3.01. The predicted octanol–water partition coefficient (Wildman–Crippen LogP) is 0.114. The maximum absolute atomic E-state index is 11.5. The lowest BCUT2D eigenvalue weighted by Crippen LogP contribution is -2.44. The highest BCUT2D eigenvalue weighted by Crippen LogP contribution is 2.17. The van der Waals surface area contributed by atoms with Crippen LogP contribution in [0.4, 0.5) is 5.69 Å². The molecule has 1 aromatic heterocycles. The first-order valence-corrected chi connectivity index (χ1v) is 5.33. The van der Waals surface area contributed by atoms with Crippen LogP contribution in [0.3, 0.4) is 0 Å². The largest absolute Gasteiger partial charge is 0.371 e. The first-order chi connectivity index (χ1) is 7.68. The molecular weight excluding hydrogens is 232 g/mol. The van der Waals surface area contributed by atoms with E-state index < -0.39 is 5.56 Å². The normalized spacial score (nSPS) is 20.3. The number of hydrogen-bond acceptors (Lipinski definition) is 4. The second-order valence-corrected chi connectivity index (χ2v) is 3.93. The molecule has 2 heterocycles. The molecule has 1 aliphatic heterocycles. The molecular formula is C9H11ClN4O2. The van der Waals surface area contributed by atoms with E-state index in [1.54, 1.807) is 0 Å². The average Bonchev–Trinajstić information content (AvgIpc) is 2.28. The van der Waals surface area contributed by atoms with Gasteiger partial charge in [-0.05, 0) is 12.8 Å². The van der Waals surface area contributed by atoms with E-state index in [0.29, 0.717) is 12.2 Å². The number of H-pyrrole nitrogens is 1. The number of halogens is 1. The molecule has 16 heavy (non-hydrogen) atoms. The number of nitrogens with one attached hydrogen (secondary N) is 3. The Labute approximate surface area is 96.4 Å². The molecule has 1 saturated heterocycles. The lowest BCUT2D eigenvalue weighted by atomic mass is 10.1. The summed E-state index contributed by atoms with van der Waals surface area (Å²) in [5.74, 6) is -0.0809. The molecule has 6 nitrogen and oxygen atoms in total. The summed E-state index contributed by atoms with van der Waals surface area (Å²) in [6, 6.07) is -0.352. The molecule has 1 amide bonds. The van der Waals surface area contributed by atoms with Crippen LogP contribution in [0.15, 0.2) is 11.0 Å². The van der Waals surface area contributed by atoms with E-state index in [0.717, 1.165) is 12.8 Å². The third kappa shape index (κ3) is 2.16. The monoisotopic (exact) mass is 242 g/mol.